The number of nitrogens with one attached hydrogen (secondary N) is 1. The lowest BCUT2D eigenvalue weighted by Crippen LogP contribution is -2.71. The zero-order chi connectivity index (χ0) is 29.5. The summed E-state index contributed by atoms with van der Waals surface area (Å²) in [5.41, 5.74) is 0.843. The summed E-state index contributed by atoms with van der Waals surface area (Å²) >= 11 is 0. The average molecular weight is 588 g/mol. The standard InChI is InChI=1S/C24H25N7O9S/c1-39-15-8-7-14(20(9-15)40-2)10-29-19(22(23(29)32)25-24(33)34)13-30-26-16-11-28(12-17(16)27-30)41(37,38)21-6-4-3-5-18(21)31(35)36/h3-9,19,22,25H,10-13H2,1-2H3,(H,33,34)/t19-,22-/m0/s1. The minimum Gasteiger partial charge on any atom is -0.497 e. The Kier molecular flexibility index (Phi) is 7.22. The van der Waals surface area contributed by atoms with E-state index in [2.05, 4.69) is 15.5 Å². The first-order chi connectivity index (χ1) is 19.5. The largest absolute Gasteiger partial charge is 0.497 e. The number of aromatic nitrogens is 3. The Labute approximate surface area is 233 Å². The molecule has 2 aromatic carbocycles. The molecule has 17 heteroatoms. The molecule has 1 saturated heterocycles. The van der Waals surface area contributed by atoms with Crippen molar-refractivity contribution in [1.82, 2.24) is 29.5 Å². The lowest BCUT2D eigenvalue weighted by Gasteiger charge is -2.46. The number of β-lactam (4-membered cyclic amide) rings is 1. The molecule has 0 aliphatic carbocycles. The van der Waals surface area contributed by atoms with E-state index in [0.29, 0.717) is 28.5 Å². The Balaban J connectivity index is 1.34. The number of nitro benzene ring substituents is 1. The number of para-hydroxylation sites is 1. The number of carboxylic acid groups (broad SMARTS) is 1. The van der Waals surface area contributed by atoms with E-state index < -0.39 is 49.6 Å². The Bertz CT molecular complexity index is 1620. The van der Waals surface area contributed by atoms with Crippen molar-refractivity contribution in [3.05, 3.63) is 69.5 Å². The van der Waals surface area contributed by atoms with Gasteiger partial charge in [0.05, 0.1) is 44.8 Å². The van der Waals surface area contributed by atoms with E-state index in [0.717, 1.165) is 10.4 Å². The van der Waals surface area contributed by atoms with Gasteiger partial charge in [0.1, 0.15) is 28.9 Å². The van der Waals surface area contributed by atoms with Gasteiger partial charge >= 0.3 is 6.09 Å². The maximum atomic E-state index is 13.2. The number of amides is 2. The summed E-state index contributed by atoms with van der Waals surface area (Å²) in [6.07, 6.45) is -1.36. The van der Waals surface area contributed by atoms with E-state index in [4.69, 9.17) is 9.47 Å². The maximum absolute atomic E-state index is 13.2. The van der Waals surface area contributed by atoms with Crippen LogP contribution in [0, 0.1) is 10.1 Å². The molecule has 3 heterocycles. The summed E-state index contributed by atoms with van der Waals surface area (Å²) in [6.45, 7) is -0.163. The Hall–Kier alpha value is -4.77. The second kappa shape index (κ2) is 10.7. The van der Waals surface area contributed by atoms with Crippen molar-refractivity contribution in [1.29, 1.82) is 0 Å². The van der Waals surface area contributed by atoms with Crippen LogP contribution in [0.5, 0.6) is 11.5 Å². The van der Waals surface area contributed by atoms with Crippen LogP contribution in [0.3, 0.4) is 0 Å². The van der Waals surface area contributed by atoms with E-state index >= 15 is 0 Å². The number of carbonyl (C=O) groups excluding carboxylic acids is 1. The molecule has 0 spiro atoms. The van der Waals surface area contributed by atoms with Crippen molar-refractivity contribution >= 4 is 27.7 Å². The van der Waals surface area contributed by atoms with Crippen LogP contribution in [-0.4, -0.2) is 81.0 Å². The number of benzene rings is 2. The van der Waals surface area contributed by atoms with Gasteiger partial charge in [-0.25, -0.2) is 13.2 Å². The van der Waals surface area contributed by atoms with Gasteiger partial charge < -0.3 is 24.8 Å². The second-order valence-electron chi connectivity index (χ2n) is 9.28. The third kappa shape index (κ3) is 5.11. The molecule has 1 aromatic heterocycles. The van der Waals surface area contributed by atoms with Crippen LogP contribution in [-0.2, 0) is 41.0 Å². The van der Waals surface area contributed by atoms with E-state index in [1.54, 1.807) is 18.2 Å². The van der Waals surface area contributed by atoms with E-state index in [9.17, 15) is 33.2 Å². The Morgan fingerprint density at radius 1 is 1.15 bits per heavy atom. The summed E-state index contributed by atoms with van der Waals surface area (Å²) in [5.74, 6) is 0.620. The monoisotopic (exact) mass is 587 g/mol. The topological polar surface area (TPSA) is 199 Å². The number of nitro groups is 1. The molecule has 3 aromatic rings. The van der Waals surface area contributed by atoms with Crippen molar-refractivity contribution in [2.75, 3.05) is 14.2 Å². The van der Waals surface area contributed by atoms with Gasteiger partial charge in [0.2, 0.25) is 5.91 Å². The van der Waals surface area contributed by atoms with Gasteiger partial charge in [0.25, 0.3) is 15.7 Å². The van der Waals surface area contributed by atoms with Crippen molar-refractivity contribution in [2.45, 2.75) is 43.2 Å². The van der Waals surface area contributed by atoms with Crippen LogP contribution in [0.25, 0.3) is 0 Å². The molecule has 41 heavy (non-hydrogen) atoms. The molecular weight excluding hydrogens is 562 g/mol. The van der Waals surface area contributed by atoms with Crippen LogP contribution in [0.2, 0.25) is 0 Å². The van der Waals surface area contributed by atoms with Crippen molar-refractivity contribution in [3.63, 3.8) is 0 Å². The van der Waals surface area contributed by atoms with Crippen molar-refractivity contribution in [3.8, 4) is 11.5 Å². The highest BCUT2D eigenvalue weighted by molar-refractivity contribution is 7.89. The lowest BCUT2D eigenvalue weighted by molar-refractivity contribution is -0.387. The zero-order valence-electron chi connectivity index (χ0n) is 21.8. The lowest BCUT2D eigenvalue weighted by atomic mass is 9.94. The van der Waals surface area contributed by atoms with Gasteiger partial charge in [0, 0.05) is 24.2 Å². The first-order valence-electron chi connectivity index (χ1n) is 12.2. The fraction of sp³-hybridized carbons (Fsp3) is 0.333. The molecule has 5 rings (SSSR count). The summed E-state index contributed by atoms with van der Waals surface area (Å²) in [6, 6.07) is 8.53. The Morgan fingerprint density at radius 3 is 2.44 bits per heavy atom. The molecule has 16 nitrogen and oxygen atoms in total. The second-order valence-corrected chi connectivity index (χ2v) is 11.2. The molecule has 2 aliphatic heterocycles. The maximum Gasteiger partial charge on any atom is 0.405 e. The molecular formula is C24H25N7O9S. The quantitative estimate of drug-likeness (QED) is 0.194. The molecule has 0 radical (unpaired) electrons. The van der Waals surface area contributed by atoms with Gasteiger partial charge in [0.15, 0.2) is 4.90 Å². The fourth-order valence-corrected chi connectivity index (χ4v) is 6.42. The number of nitrogens with zero attached hydrogens (tertiary/aromatic N) is 6. The third-order valence-electron chi connectivity index (χ3n) is 6.94. The van der Waals surface area contributed by atoms with Crippen LogP contribution in [0.1, 0.15) is 17.0 Å². The van der Waals surface area contributed by atoms with Crippen LogP contribution in [0.4, 0.5) is 10.5 Å². The minimum atomic E-state index is -4.21. The molecule has 2 N–H and O–H groups in total. The molecule has 0 saturated carbocycles. The summed E-state index contributed by atoms with van der Waals surface area (Å²) in [4.78, 5) is 37.2. The van der Waals surface area contributed by atoms with Gasteiger partial charge in [-0.05, 0) is 18.2 Å². The number of ether oxygens (including phenoxy) is 2. The SMILES string of the molecule is COc1ccc(CN2C(=O)[C@@H](NC(=O)O)[C@@H]2Cn2nc3c(n2)CN(S(=O)(=O)c2ccccc2[N+](=O)[O-])C3)c(OC)c1. The Morgan fingerprint density at radius 2 is 1.83 bits per heavy atom. The zero-order valence-corrected chi connectivity index (χ0v) is 22.6. The summed E-state index contributed by atoms with van der Waals surface area (Å²) in [5, 5.41) is 31.6. The van der Waals surface area contributed by atoms with Gasteiger partial charge in [-0.1, -0.05) is 12.1 Å². The molecule has 0 unspecified atom stereocenters. The predicted octanol–water partition coefficient (Wildman–Crippen LogP) is 0.955. The van der Waals surface area contributed by atoms with E-state index in [1.165, 1.54) is 42.1 Å². The minimum absolute atomic E-state index is 0.0268. The number of methoxy groups -OCH3 is 2. The highest BCUT2D eigenvalue weighted by atomic mass is 32.2. The van der Waals surface area contributed by atoms with E-state index in [1.807, 2.05) is 0 Å². The third-order valence-corrected chi connectivity index (χ3v) is 8.77. The number of fused-ring (bicyclic) bond motifs is 1. The number of likely N-dealkylation sites (tertiary alicyclic amines) is 1. The summed E-state index contributed by atoms with van der Waals surface area (Å²) < 4.78 is 38.0. The number of sulfonamides is 1. The normalized spacial score (nSPS) is 18.5. The highest BCUT2D eigenvalue weighted by Gasteiger charge is 2.49. The average Bonchev–Trinajstić information content (AvgIpc) is 3.53. The molecule has 0 bridgehead atoms. The van der Waals surface area contributed by atoms with Crippen LogP contribution >= 0.6 is 0 Å². The molecule has 2 amide bonds. The summed E-state index contributed by atoms with van der Waals surface area (Å²) in [7, 11) is -1.22. The molecule has 216 valence electrons. The fourth-order valence-electron chi connectivity index (χ4n) is 4.90. The number of hydrogen-bond donors (Lipinski definition) is 2. The van der Waals surface area contributed by atoms with Gasteiger partial charge in [-0.2, -0.15) is 19.3 Å². The first-order valence-corrected chi connectivity index (χ1v) is 13.6. The van der Waals surface area contributed by atoms with E-state index in [-0.39, 0.29) is 26.2 Å². The number of carbonyl (C=O) groups is 2. The number of hydrogen-bond acceptors (Lipinski definition) is 10. The highest BCUT2D eigenvalue weighted by Crippen LogP contribution is 2.33. The number of rotatable bonds is 10. The van der Waals surface area contributed by atoms with Gasteiger partial charge in [-0.3, -0.25) is 14.9 Å². The van der Waals surface area contributed by atoms with Crippen LogP contribution < -0.4 is 14.8 Å². The molecule has 2 aliphatic rings. The first kappa shape index (κ1) is 27.8. The van der Waals surface area contributed by atoms with Gasteiger partial charge in [-0.15, -0.1) is 0 Å². The molecule has 1 fully saturated rings. The predicted molar refractivity (Wildman–Crippen MR) is 138 cm³/mol. The van der Waals surface area contributed by atoms with Crippen molar-refractivity contribution in [2.24, 2.45) is 0 Å². The van der Waals surface area contributed by atoms with Crippen LogP contribution in [0.15, 0.2) is 47.4 Å². The molecule has 2 atom stereocenters. The van der Waals surface area contributed by atoms with Crippen molar-refractivity contribution < 1.29 is 37.5 Å². The smallest absolute Gasteiger partial charge is 0.405 e.